The minimum Gasteiger partial charge on any atom is -0.467 e. The van der Waals surface area contributed by atoms with Crippen LogP contribution in [0.5, 0.6) is 0 Å². The van der Waals surface area contributed by atoms with E-state index in [0.717, 1.165) is 17.0 Å². The molecule has 3 heterocycles. The van der Waals surface area contributed by atoms with E-state index in [1.807, 2.05) is 24.1 Å². The molecule has 3 aromatic rings. The third kappa shape index (κ3) is 3.45. The summed E-state index contributed by atoms with van der Waals surface area (Å²) in [6, 6.07) is 12.0. The van der Waals surface area contributed by atoms with Gasteiger partial charge in [-0.1, -0.05) is 41.2 Å². The van der Waals surface area contributed by atoms with E-state index >= 15 is 0 Å². The summed E-state index contributed by atoms with van der Waals surface area (Å²) in [5.41, 5.74) is 3.89. The van der Waals surface area contributed by atoms with Crippen LogP contribution in [0.25, 0.3) is 0 Å². The summed E-state index contributed by atoms with van der Waals surface area (Å²) in [6.45, 7) is 6.00. The Morgan fingerprint density at radius 2 is 2.07 bits per heavy atom. The Morgan fingerprint density at radius 1 is 1.29 bits per heavy atom. The number of hydrazone groups is 1. The fourth-order valence-electron chi connectivity index (χ4n) is 3.18. The summed E-state index contributed by atoms with van der Waals surface area (Å²) in [4.78, 5) is 17.3. The Hall–Kier alpha value is -2.93. The Labute approximate surface area is 167 Å². The molecule has 1 aromatic carbocycles. The number of thiazole rings is 1. The zero-order chi connectivity index (χ0) is 19.7. The van der Waals surface area contributed by atoms with Gasteiger partial charge in [0.15, 0.2) is 0 Å². The van der Waals surface area contributed by atoms with Gasteiger partial charge in [-0.3, -0.25) is 0 Å². The van der Waals surface area contributed by atoms with Crippen molar-refractivity contribution in [3.05, 3.63) is 70.1 Å². The van der Waals surface area contributed by atoms with E-state index in [0.29, 0.717) is 28.7 Å². The Kier molecular flexibility index (Phi) is 5.00. The van der Waals surface area contributed by atoms with Crippen molar-refractivity contribution in [3.8, 4) is 0 Å². The number of anilines is 1. The van der Waals surface area contributed by atoms with Crippen LogP contribution in [0.1, 0.15) is 51.6 Å². The van der Waals surface area contributed by atoms with E-state index < -0.39 is 0 Å². The van der Waals surface area contributed by atoms with Crippen molar-refractivity contribution in [2.75, 3.05) is 11.6 Å². The van der Waals surface area contributed by atoms with Gasteiger partial charge < -0.3 is 9.15 Å². The predicted octanol–water partition coefficient (Wildman–Crippen LogP) is 4.89. The molecule has 1 aliphatic rings. The lowest BCUT2D eigenvalue weighted by molar-refractivity contribution is 0.0531. The van der Waals surface area contributed by atoms with Crippen LogP contribution in [0.3, 0.4) is 0 Å². The average molecular weight is 395 g/mol. The Bertz CT molecular complexity index is 1010. The van der Waals surface area contributed by atoms with Crippen LogP contribution in [-0.2, 0) is 4.74 Å². The van der Waals surface area contributed by atoms with E-state index in [-0.39, 0.29) is 12.0 Å². The van der Waals surface area contributed by atoms with E-state index in [4.69, 9.17) is 14.3 Å². The Morgan fingerprint density at radius 3 is 2.75 bits per heavy atom. The summed E-state index contributed by atoms with van der Waals surface area (Å²) in [5.74, 6) is 0.469. The van der Waals surface area contributed by atoms with Crippen LogP contribution < -0.4 is 5.01 Å². The summed E-state index contributed by atoms with van der Waals surface area (Å²) in [7, 11) is 0. The first-order valence-corrected chi connectivity index (χ1v) is 10.00. The van der Waals surface area contributed by atoms with Crippen LogP contribution >= 0.6 is 11.3 Å². The second kappa shape index (κ2) is 7.59. The van der Waals surface area contributed by atoms with Crippen LogP contribution in [0.4, 0.5) is 5.13 Å². The topological polar surface area (TPSA) is 67.9 Å². The molecule has 1 unspecified atom stereocenters. The number of ether oxygens (including phenoxy) is 1. The SMILES string of the molecule is CCOC(=O)c1sc(N2N=C(c3ccc(C)cc3)CC2c2ccco2)nc1C. The van der Waals surface area contributed by atoms with Crippen molar-refractivity contribution in [3.63, 3.8) is 0 Å². The first-order chi connectivity index (χ1) is 13.6. The molecule has 0 aliphatic carbocycles. The van der Waals surface area contributed by atoms with E-state index in [1.54, 1.807) is 13.2 Å². The monoisotopic (exact) mass is 395 g/mol. The highest BCUT2D eigenvalue weighted by atomic mass is 32.1. The van der Waals surface area contributed by atoms with Crippen molar-refractivity contribution < 1.29 is 13.9 Å². The molecule has 0 saturated heterocycles. The van der Waals surface area contributed by atoms with Crippen LogP contribution in [0.2, 0.25) is 0 Å². The van der Waals surface area contributed by atoms with E-state index in [2.05, 4.69) is 36.2 Å². The standard InChI is InChI=1S/C21H21N3O3S/c1-4-26-20(25)19-14(3)22-21(28-19)24-17(18-6-5-11-27-18)12-16(23-24)15-9-7-13(2)8-10-15/h5-11,17H,4,12H2,1-3H3. The molecular weight excluding hydrogens is 374 g/mol. The summed E-state index contributed by atoms with van der Waals surface area (Å²) in [6.07, 6.45) is 2.36. The maximum atomic E-state index is 12.2. The average Bonchev–Trinajstić information content (AvgIpc) is 3.41. The molecule has 1 aliphatic heterocycles. The Balaban J connectivity index is 1.72. The van der Waals surface area contributed by atoms with Crippen molar-refractivity contribution in [1.82, 2.24) is 4.98 Å². The summed E-state index contributed by atoms with van der Waals surface area (Å²) >= 11 is 1.30. The highest BCUT2D eigenvalue weighted by molar-refractivity contribution is 7.17. The number of aryl methyl sites for hydroxylation is 2. The maximum Gasteiger partial charge on any atom is 0.350 e. The highest BCUT2D eigenvalue weighted by Gasteiger charge is 2.34. The zero-order valence-corrected chi connectivity index (χ0v) is 16.8. The van der Waals surface area contributed by atoms with Crippen molar-refractivity contribution in [2.24, 2.45) is 5.10 Å². The third-order valence-corrected chi connectivity index (χ3v) is 5.74. The van der Waals surface area contributed by atoms with Gasteiger partial charge in [0.05, 0.1) is 24.3 Å². The number of benzene rings is 1. The molecule has 0 N–H and O–H groups in total. The third-order valence-electron chi connectivity index (χ3n) is 4.61. The van der Waals surface area contributed by atoms with Gasteiger partial charge in [0.25, 0.3) is 0 Å². The fourth-order valence-corrected chi connectivity index (χ4v) is 4.14. The molecule has 0 bridgehead atoms. The second-order valence-corrected chi connectivity index (χ2v) is 7.60. The number of hydrogen-bond donors (Lipinski definition) is 0. The molecule has 7 heteroatoms. The van der Waals surface area contributed by atoms with Gasteiger partial charge in [-0.05, 0) is 38.5 Å². The van der Waals surface area contributed by atoms with Crippen LogP contribution in [0, 0.1) is 13.8 Å². The van der Waals surface area contributed by atoms with E-state index in [1.165, 1.54) is 16.9 Å². The molecular formula is C21H21N3O3S. The molecule has 6 nitrogen and oxygen atoms in total. The van der Waals surface area contributed by atoms with Gasteiger partial charge in [-0.2, -0.15) is 5.10 Å². The predicted molar refractivity (Wildman–Crippen MR) is 109 cm³/mol. The lowest BCUT2D eigenvalue weighted by Crippen LogP contribution is -2.17. The zero-order valence-electron chi connectivity index (χ0n) is 16.0. The minimum atomic E-state index is -0.347. The van der Waals surface area contributed by atoms with Crippen LogP contribution in [0.15, 0.2) is 52.2 Å². The van der Waals surface area contributed by atoms with Gasteiger partial charge in [-0.25, -0.2) is 14.8 Å². The fraction of sp³-hybridized carbons (Fsp3) is 0.286. The van der Waals surface area contributed by atoms with Gasteiger partial charge in [0.1, 0.15) is 16.7 Å². The molecule has 28 heavy (non-hydrogen) atoms. The highest BCUT2D eigenvalue weighted by Crippen LogP contribution is 2.39. The number of carbonyl (C=O) groups excluding carboxylic acids is 1. The number of carbonyl (C=O) groups is 1. The quantitative estimate of drug-likeness (QED) is 0.576. The molecule has 0 spiro atoms. The van der Waals surface area contributed by atoms with E-state index in [9.17, 15) is 4.79 Å². The summed E-state index contributed by atoms with van der Waals surface area (Å²) in [5, 5.41) is 7.35. The van der Waals surface area contributed by atoms with Gasteiger partial charge >= 0.3 is 5.97 Å². The smallest absolute Gasteiger partial charge is 0.350 e. The number of nitrogens with zero attached hydrogens (tertiary/aromatic N) is 3. The number of aromatic nitrogens is 1. The normalized spacial score (nSPS) is 16.3. The van der Waals surface area contributed by atoms with Crippen molar-refractivity contribution >= 4 is 28.1 Å². The molecule has 1 atom stereocenters. The molecule has 144 valence electrons. The molecule has 0 radical (unpaired) electrons. The lowest BCUT2D eigenvalue weighted by Gasteiger charge is -2.18. The largest absolute Gasteiger partial charge is 0.467 e. The maximum absolute atomic E-state index is 12.2. The first-order valence-electron chi connectivity index (χ1n) is 9.18. The first kappa shape index (κ1) is 18.4. The second-order valence-electron chi connectivity index (χ2n) is 6.62. The lowest BCUT2D eigenvalue weighted by atomic mass is 10.0. The van der Waals surface area contributed by atoms with Gasteiger partial charge in [0, 0.05) is 6.42 Å². The van der Waals surface area contributed by atoms with Gasteiger partial charge in [-0.15, -0.1) is 0 Å². The number of esters is 1. The van der Waals surface area contributed by atoms with Gasteiger partial charge in [0.2, 0.25) is 5.13 Å². The van der Waals surface area contributed by atoms with Crippen molar-refractivity contribution in [1.29, 1.82) is 0 Å². The van der Waals surface area contributed by atoms with Crippen molar-refractivity contribution in [2.45, 2.75) is 33.2 Å². The molecule has 0 amide bonds. The minimum absolute atomic E-state index is 0.105. The number of furan rings is 1. The molecule has 4 rings (SSSR count). The molecule has 0 saturated carbocycles. The number of hydrogen-bond acceptors (Lipinski definition) is 7. The molecule has 2 aromatic heterocycles. The van der Waals surface area contributed by atoms with Crippen LogP contribution in [-0.4, -0.2) is 23.3 Å². The molecule has 0 fully saturated rings. The summed E-state index contributed by atoms with van der Waals surface area (Å²) < 4.78 is 10.8. The number of rotatable bonds is 5.